The molecule has 1 aliphatic rings. The standard InChI is InChI=1S/C17H17B3ClNO5S/c18-16(11-8-4-5-9-12(11)21)14(23)13(15(22)26-16)27-28(24,25)17(19,20)10-6-2-1-3-7-10/h1-9H,18-20,22H2/t16-/m1/s1. The van der Waals surface area contributed by atoms with Gasteiger partial charge in [0, 0.05) is 10.6 Å². The van der Waals surface area contributed by atoms with Crippen LogP contribution in [0, 0.1) is 0 Å². The SMILES string of the molecule is BC(B)(c1ccccc1)S(=O)(=O)OC1=C(N)O[C@](B)(c2ccccc2Cl)C1=O. The molecule has 2 aromatic rings. The second kappa shape index (κ2) is 6.94. The zero-order valence-electron chi connectivity index (χ0n) is 15.6. The van der Waals surface area contributed by atoms with Crippen molar-refractivity contribution < 1.29 is 22.1 Å². The molecule has 0 amide bonds. The first-order chi connectivity index (χ1) is 13.0. The van der Waals surface area contributed by atoms with Crippen molar-refractivity contribution in [1.82, 2.24) is 0 Å². The number of nitrogens with two attached hydrogens (primary N) is 1. The normalized spacial score (nSPS) is 20.1. The van der Waals surface area contributed by atoms with Crippen molar-refractivity contribution in [2.75, 3.05) is 0 Å². The fourth-order valence-corrected chi connectivity index (χ4v) is 4.27. The van der Waals surface area contributed by atoms with Crippen LogP contribution >= 0.6 is 11.6 Å². The summed E-state index contributed by atoms with van der Waals surface area (Å²) in [4.78, 5) is 13.0. The topological polar surface area (TPSA) is 95.7 Å². The van der Waals surface area contributed by atoms with Gasteiger partial charge >= 0.3 is 10.1 Å². The highest BCUT2D eigenvalue weighted by atomic mass is 35.5. The third-order valence-corrected chi connectivity index (χ3v) is 7.05. The number of halogens is 1. The molecule has 2 aromatic carbocycles. The molecule has 0 spiro atoms. The van der Waals surface area contributed by atoms with Gasteiger partial charge in [-0.2, -0.15) is 8.42 Å². The second-order valence-corrected chi connectivity index (χ2v) is 9.55. The zero-order chi connectivity index (χ0) is 20.7. The summed E-state index contributed by atoms with van der Waals surface area (Å²) in [6.07, 6.45) is 0. The monoisotopic (exact) mass is 415 g/mol. The number of hydrogen-bond donors (Lipinski definition) is 1. The molecule has 11 heteroatoms. The predicted molar refractivity (Wildman–Crippen MR) is 114 cm³/mol. The maximum absolute atomic E-state index is 13.0. The molecule has 3 rings (SSSR count). The van der Waals surface area contributed by atoms with Crippen LogP contribution in [0.15, 0.2) is 66.2 Å². The van der Waals surface area contributed by atoms with Crippen molar-refractivity contribution >= 4 is 51.0 Å². The third kappa shape index (κ3) is 3.20. The Labute approximate surface area is 171 Å². The Hall–Kier alpha value is -2.32. The van der Waals surface area contributed by atoms with E-state index in [1.54, 1.807) is 54.6 Å². The van der Waals surface area contributed by atoms with E-state index in [9.17, 15) is 13.2 Å². The van der Waals surface area contributed by atoms with Crippen LogP contribution in [-0.4, -0.2) is 37.7 Å². The first kappa shape index (κ1) is 20.4. The third-order valence-electron chi connectivity index (χ3n) is 4.85. The Morgan fingerprint density at radius 3 is 2.25 bits per heavy atom. The quantitative estimate of drug-likeness (QED) is 0.512. The number of carbonyl (C=O) groups excluding carboxylic acids is 1. The van der Waals surface area contributed by atoms with Crippen molar-refractivity contribution in [3.8, 4) is 0 Å². The van der Waals surface area contributed by atoms with E-state index in [1.807, 2.05) is 0 Å². The fourth-order valence-electron chi connectivity index (χ4n) is 2.94. The summed E-state index contributed by atoms with van der Waals surface area (Å²) in [6, 6.07) is 15.2. The molecule has 0 radical (unpaired) electrons. The Morgan fingerprint density at radius 2 is 1.64 bits per heavy atom. The number of ether oxygens (including phenoxy) is 1. The van der Waals surface area contributed by atoms with E-state index < -0.39 is 37.6 Å². The molecule has 0 saturated heterocycles. The molecule has 0 saturated carbocycles. The van der Waals surface area contributed by atoms with Gasteiger partial charge in [-0.25, -0.2) is 0 Å². The van der Waals surface area contributed by atoms with E-state index >= 15 is 0 Å². The average molecular weight is 415 g/mol. The summed E-state index contributed by atoms with van der Waals surface area (Å²) < 4.78 is 35.3. The number of benzene rings is 2. The molecule has 142 valence electrons. The molecule has 1 aliphatic heterocycles. The van der Waals surface area contributed by atoms with Crippen molar-refractivity contribution in [2.24, 2.45) is 5.73 Å². The van der Waals surface area contributed by atoms with Crippen LogP contribution in [-0.2, 0) is 33.9 Å². The van der Waals surface area contributed by atoms with Gasteiger partial charge in [-0.15, -0.1) is 0 Å². The highest BCUT2D eigenvalue weighted by molar-refractivity contribution is 7.90. The Morgan fingerprint density at radius 1 is 1.07 bits per heavy atom. The summed E-state index contributed by atoms with van der Waals surface area (Å²) in [5, 5.41) is 0.292. The van der Waals surface area contributed by atoms with E-state index in [2.05, 4.69) is 0 Å². The average Bonchev–Trinajstić information content (AvgIpc) is 2.86. The van der Waals surface area contributed by atoms with Gasteiger partial charge in [0.05, 0.1) is 4.55 Å². The van der Waals surface area contributed by atoms with Crippen LogP contribution < -0.4 is 5.73 Å². The molecule has 1 heterocycles. The minimum absolute atomic E-state index is 0.292. The smallest absolute Gasteiger partial charge is 0.304 e. The minimum atomic E-state index is -4.28. The molecule has 0 fully saturated rings. The lowest BCUT2D eigenvalue weighted by atomic mass is 9.65. The Bertz CT molecular complexity index is 1080. The van der Waals surface area contributed by atoms with Crippen LogP contribution in [0.2, 0.25) is 5.02 Å². The molecule has 0 unspecified atom stereocenters. The van der Waals surface area contributed by atoms with E-state index in [0.717, 1.165) is 0 Å². The number of rotatable bonds is 5. The van der Waals surface area contributed by atoms with Gasteiger partial charge < -0.3 is 14.7 Å². The summed E-state index contributed by atoms with van der Waals surface area (Å²) >= 11 is 6.19. The lowest BCUT2D eigenvalue weighted by molar-refractivity contribution is -0.126. The molecule has 6 nitrogen and oxygen atoms in total. The van der Waals surface area contributed by atoms with Crippen molar-refractivity contribution in [3.63, 3.8) is 0 Å². The van der Waals surface area contributed by atoms with E-state index in [4.69, 9.17) is 26.3 Å². The van der Waals surface area contributed by atoms with Crippen molar-refractivity contribution in [2.45, 2.75) is 10.0 Å². The molecule has 1 atom stereocenters. The number of ketones is 1. The summed E-state index contributed by atoms with van der Waals surface area (Å²) in [6.45, 7) is 0. The number of hydrogen-bond acceptors (Lipinski definition) is 6. The van der Waals surface area contributed by atoms with Crippen LogP contribution in [0.4, 0.5) is 0 Å². The molecular weight excluding hydrogens is 398 g/mol. The summed E-state index contributed by atoms with van der Waals surface area (Å²) in [7, 11) is 0.167. The lowest BCUT2D eigenvalue weighted by Crippen LogP contribution is -2.40. The van der Waals surface area contributed by atoms with Gasteiger partial charge in [0.1, 0.15) is 15.7 Å². The Kier molecular flexibility index (Phi) is 5.06. The summed E-state index contributed by atoms with van der Waals surface area (Å²) in [5.74, 6) is -1.67. The van der Waals surface area contributed by atoms with Gasteiger partial charge in [0.15, 0.2) is 13.3 Å². The van der Waals surface area contributed by atoms with Gasteiger partial charge in [0.25, 0.3) is 0 Å². The van der Waals surface area contributed by atoms with Crippen LogP contribution in [0.1, 0.15) is 11.1 Å². The first-order valence-corrected chi connectivity index (χ1v) is 10.3. The van der Waals surface area contributed by atoms with Crippen LogP contribution in [0.25, 0.3) is 0 Å². The second-order valence-electron chi connectivity index (χ2n) is 7.05. The maximum Gasteiger partial charge on any atom is 0.304 e. The first-order valence-electron chi connectivity index (χ1n) is 8.49. The molecule has 2 N–H and O–H groups in total. The maximum atomic E-state index is 13.0. The molecule has 0 bridgehead atoms. The summed E-state index contributed by atoms with van der Waals surface area (Å²) in [5.41, 5.74) is 5.12. The Balaban J connectivity index is 1.96. The van der Waals surface area contributed by atoms with E-state index in [-0.39, 0.29) is 0 Å². The fraction of sp³-hybridized carbons (Fsp3) is 0.118. The predicted octanol–water partition coefficient (Wildman–Crippen LogP) is -0.724. The highest BCUT2D eigenvalue weighted by Crippen LogP contribution is 2.40. The molecule has 28 heavy (non-hydrogen) atoms. The van der Waals surface area contributed by atoms with Crippen molar-refractivity contribution in [3.05, 3.63) is 82.4 Å². The molecule has 0 aliphatic carbocycles. The van der Waals surface area contributed by atoms with Gasteiger partial charge in [-0.05, 0) is 11.6 Å². The molecule has 0 aromatic heterocycles. The van der Waals surface area contributed by atoms with E-state index in [0.29, 0.717) is 16.1 Å². The molecular formula is C17H17B3ClNO5S. The number of Topliss-reactive ketones (excluding diaryl/α,β-unsaturated/α-hetero) is 1. The van der Waals surface area contributed by atoms with Crippen molar-refractivity contribution in [1.29, 1.82) is 0 Å². The van der Waals surface area contributed by atoms with E-state index in [1.165, 1.54) is 23.5 Å². The van der Waals surface area contributed by atoms with Crippen LogP contribution in [0.5, 0.6) is 0 Å². The largest absolute Gasteiger partial charge is 0.467 e. The number of carbonyl (C=O) groups is 1. The zero-order valence-corrected chi connectivity index (χ0v) is 17.2. The highest BCUT2D eigenvalue weighted by Gasteiger charge is 2.51. The van der Waals surface area contributed by atoms with Gasteiger partial charge in [-0.3, -0.25) is 4.79 Å². The van der Waals surface area contributed by atoms with Crippen LogP contribution in [0.3, 0.4) is 0 Å². The van der Waals surface area contributed by atoms with Gasteiger partial charge in [0.2, 0.25) is 17.4 Å². The lowest BCUT2D eigenvalue weighted by Gasteiger charge is -2.26. The van der Waals surface area contributed by atoms with Gasteiger partial charge in [-0.1, -0.05) is 60.1 Å². The minimum Gasteiger partial charge on any atom is -0.467 e.